The first kappa shape index (κ1) is 15.0. The highest BCUT2D eigenvalue weighted by atomic mass is 16.3. The third-order valence-electron chi connectivity index (χ3n) is 8.14. The van der Waals surface area contributed by atoms with Gasteiger partial charge in [-0.15, -0.1) is 0 Å². The molecular weight excluding hydrogens is 274 g/mol. The number of carbonyl (C=O) groups excluding carboxylic acids is 1. The molecule has 0 aromatic carbocycles. The fourth-order valence-electron chi connectivity index (χ4n) is 6.91. The minimum absolute atomic E-state index is 0.0495. The van der Waals surface area contributed by atoms with Gasteiger partial charge in [-0.2, -0.15) is 0 Å². The number of hydrogen-bond donors (Lipinski definition) is 2. The van der Waals surface area contributed by atoms with Gasteiger partial charge in [-0.1, -0.05) is 6.92 Å². The van der Waals surface area contributed by atoms with Gasteiger partial charge in [-0.05, 0) is 87.4 Å². The van der Waals surface area contributed by atoms with Crippen molar-refractivity contribution < 1.29 is 9.90 Å². The van der Waals surface area contributed by atoms with E-state index in [0.29, 0.717) is 11.3 Å². The molecule has 0 bridgehead atoms. The third-order valence-corrected chi connectivity index (χ3v) is 8.14. The molecule has 2 N–H and O–H groups in total. The molecule has 1 aliphatic heterocycles. The Balaban J connectivity index is 1.61. The smallest absolute Gasteiger partial charge is 0.220 e. The van der Waals surface area contributed by atoms with Crippen molar-refractivity contribution in [3.63, 3.8) is 0 Å². The molecule has 3 aliphatic carbocycles. The van der Waals surface area contributed by atoms with Gasteiger partial charge in [0, 0.05) is 12.0 Å². The summed E-state index contributed by atoms with van der Waals surface area (Å²) in [6, 6.07) is 0. The lowest BCUT2D eigenvalue weighted by Crippen LogP contribution is -2.63. The fourth-order valence-corrected chi connectivity index (χ4v) is 6.91. The van der Waals surface area contributed by atoms with Gasteiger partial charge in [0.25, 0.3) is 0 Å². The van der Waals surface area contributed by atoms with Crippen LogP contribution in [-0.2, 0) is 4.79 Å². The summed E-state index contributed by atoms with van der Waals surface area (Å²) < 4.78 is 0. The number of aliphatic hydroxyl groups excluding tert-OH is 1. The molecule has 4 fully saturated rings. The van der Waals surface area contributed by atoms with E-state index in [4.69, 9.17) is 0 Å². The van der Waals surface area contributed by atoms with E-state index in [1.54, 1.807) is 0 Å². The molecule has 0 radical (unpaired) electrons. The third kappa shape index (κ3) is 2.07. The van der Waals surface area contributed by atoms with Gasteiger partial charge >= 0.3 is 0 Å². The number of hydrogen-bond acceptors (Lipinski definition) is 2. The first-order valence-corrected chi connectivity index (χ1v) is 9.41. The maximum Gasteiger partial charge on any atom is 0.220 e. The molecule has 3 saturated carbocycles. The Labute approximate surface area is 134 Å². The van der Waals surface area contributed by atoms with Gasteiger partial charge in [0.1, 0.15) is 0 Å². The van der Waals surface area contributed by atoms with E-state index in [-0.39, 0.29) is 17.6 Å². The molecule has 7 atom stereocenters. The van der Waals surface area contributed by atoms with Gasteiger partial charge in [-0.3, -0.25) is 4.79 Å². The minimum Gasteiger partial charge on any atom is -0.393 e. The summed E-state index contributed by atoms with van der Waals surface area (Å²) >= 11 is 0. The first-order chi connectivity index (χ1) is 10.4. The van der Waals surface area contributed by atoms with Crippen LogP contribution in [0.3, 0.4) is 0 Å². The summed E-state index contributed by atoms with van der Waals surface area (Å²) in [6.07, 6.45) is 10.00. The monoisotopic (exact) mass is 305 g/mol. The molecule has 1 saturated heterocycles. The summed E-state index contributed by atoms with van der Waals surface area (Å²) in [5, 5.41) is 13.4. The number of rotatable bonds is 0. The number of aliphatic hydroxyl groups is 1. The van der Waals surface area contributed by atoms with Crippen LogP contribution in [0.2, 0.25) is 0 Å². The number of nitrogens with one attached hydrogen (secondary N) is 1. The van der Waals surface area contributed by atoms with Gasteiger partial charge in [0.15, 0.2) is 0 Å². The second kappa shape index (κ2) is 4.96. The Kier molecular flexibility index (Phi) is 3.38. The van der Waals surface area contributed by atoms with Crippen molar-refractivity contribution in [2.75, 3.05) is 0 Å². The SMILES string of the molecule is C[C@]12CC[C@H](O)C[C@@H]1CC[C@@H]1[C@@H]2CC[C@]2(C)NC(=O)CC[C@@H]12. The van der Waals surface area contributed by atoms with Gasteiger partial charge < -0.3 is 10.4 Å². The quantitative estimate of drug-likeness (QED) is 0.721. The summed E-state index contributed by atoms with van der Waals surface area (Å²) in [4.78, 5) is 11.9. The topological polar surface area (TPSA) is 49.3 Å². The van der Waals surface area contributed by atoms with Gasteiger partial charge in [0.05, 0.1) is 6.10 Å². The molecule has 0 aromatic rings. The maximum atomic E-state index is 11.9. The van der Waals surface area contributed by atoms with Crippen LogP contribution >= 0.6 is 0 Å². The molecule has 0 spiro atoms. The van der Waals surface area contributed by atoms with Gasteiger partial charge in [-0.25, -0.2) is 0 Å². The Morgan fingerprint density at radius 3 is 2.68 bits per heavy atom. The van der Waals surface area contributed by atoms with Crippen LogP contribution in [0.4, 0.5) is 0 Å². The van der Waals surface area contributed by atoms with Crippen LogP contribution in [0, 0.1) is 29.1 Å². The lowest BCUT2D eigenvalue weighted by molar-refractivity contribution is -0.142. The highest BCUT2D eigenvalue weighted by molar-refractivity contribution is 5.77. The number of carbonyl (C=O) groups is 1. The number of piperidine rings is 1. The van der Waals surface area contributed by atoms with E-state index in [0.717, 1.165) is 49.9 Å². The van der Waals surface area contributed by atoms with Crippen molar-refractivity contribution in [3.05, 3.63) is 0 Å². The molecule has 124 valence electrons. The Morgan fingerprint density at radius 1 is 1.05 bits per heavy atom. The maximum absolute atomic E-state index is 11.9. The average molecular weight is 305 g/mol. The number of fused-ring (bicyclic) bond motifs is 5. The van der Waals surface area contributed by atoms with E-state index >= 15 is 0 Å². The Hall–Kier alpha value is -0.570. The summed E-state index contributed by atoms with van der Waals surface area (Å²) in [7, 11) is 0. The molecule has 1 heterocycles. The molecule has 0 unspecified atom stereocenters. The van der Waals surface area contributed by atoms with Crippen molar-refractivity contribution in [2.45, 2.75) is 83.3 Å². The van der Waals surface area contributed by atoms with Crippen LogP contribution in [0.1, 0.15) is 71.6 Å². The van der Waals surface area contributed by atoms with Crippen LogP contribution in [0.25, 0.3) is 0 Å². The summed E-state index contributed by atoms with van der Waals surface area (Å²) in [5.41, 5.74) is 0.485. The van der Waals surface area contributed by atoms with Crippen molar-refractivity contribution in [3.8, 4) is 0 Å². The number of amides is 1. The molecule has 3 heteroatoms. The van der Waals surface area contributed by atoms with Crippen molar-refractivity contribution >= 4 is 5.91 Å². The van der Waals surface area contributed by atoms with Crippen molar-refractivity contribution in [1.82, 2.24) is 5.32 Å². The van der Waals surface area contributed by atoms with Crippen LogP contribution in [-0.4, -0.2) is 22.7 Å². The molecule has 0 aromatic heterocycles. The minimum atomic E-state index is -0.0579. The lowest BCUT2D eigenvalue weighted by atomic mass is 9.45. The Bertz CT molecular complexity index is 478. The van der Waals surface area contributed by atoms with Gasteiger partial charge in [0.2, 0.25) is 5.91 Å². The average Bonchev–Trinajstić information content (AvgIpc) is 2.46. The predicted octanol–water partition coefficient (Wildman–Crippen LogP) is 3.26. The van der Waals surface area contributed by atoms with E-state index in [2.05, 4.69) is 19.2 Å². The predicted molar refractivity (Wildman–Crippen MR) is 86.2 cm³/mol. The van der Waals surface area contributed by atoms with Crippen LogP contribution < -0.4 is 5.32 Å². The molecule has 3 nitrogen and oxygen atoms in total. The summed E-state index contributed by atoms with van der Waals surface area (Å²) in [6.45, 7) is 4.81. The van der Waals surface area contributed by atoms with Crippen LogP contribution in [0.15, 0.2) is 0 Å². The Morgan fingerprint density at radius 2 is 1.86 bits per heavy atom. The molecule has 22 heavy (non-hydrogen) atoms. The van der Waals surface area contributed by atoms with Crippen LogP contribution in [0.5, 0.6) is 0 Å². The van der Waals surface area contributed by atoms with E-state index in [1.807, 2.05) is 0 Å². The normalized spacial score (nSPS) is 54.7. The zero-order valence-corrected chi connectivity index (χ0v) is 14.1. The second-order valence-corrected chi connectivity index (χ2v) is 9.13. The lowest BCUT2D eigenvalue weighted by Gasteiger charge is -2.62. The zero-order valence-electron chi connectivity index (χ0n) is 14.1. The second-order valence-electron chi connectivity index (χ2n) is 9.13. The molecule has 4 aliphatic rings. The van der Waals surface area contributed by atoms with E-state index in [9.17, 15) is 9.90 Å². The highest BCUT2D eigenvalue weighted by Crippen LogP contribution is 2.62. The van der Waals surface area contributed by atoms with E-state index < -0.39 is 0 Å². The van der Waals surface area contributed by atoms with Crippen molar-refractivity contribution in [1.29, 1.82) is 0 Å². The van der Waals surface area contributed by atoms with E-state index in [1.165, 1.54) is 25.7 Å². The highest BCUT2D eigenvalue weighted by Gasteiger charge is 2.57. The molecular formula is C19H31NO2. The van der Waals surface area contributed by atoms with Crippen molar-refractivity contribution in [2.24, 2.45) is 29.1 Å². The summed E-state index contributed by atoms with van der Waals surface area (Å²) in [5.74, 6) is 3.26. The fraction of sp³-hybridized carbons (Fsp3) is 0.947. The molecule has 4 rings (SSSR count). The standard InChI is InChI=1S/C19H31NO2/c1-18-9-7-13(21)11-12(18)3-4-14-15(18)8-10-19(2)16(14)5-6-17(22)20-19/h12-16,21H,3-11H2,1-2H3,(H,20,22)/t12-,13-,14+,15-,16-,18-,19-/m0/s1. The zero-order chi connectivity index (χ0) is 15.5. The first-order valence-electron chi connectivity index (χ1n) is 9.41. The largest absolute Gasteiger partial charge is 0.393 e. The molecule has 1 amide bonds.